The Morgan fingerprint density at radius 1 is 1.32 bits per heavy atom. The van der Waals surface area contributed by atoms with Gasteiger partial charge in [0.2, 0.25) is 5.91 Å². The van der Waals surface area contributed by atoms with Crippen LogP contribution in [0.4, 0.5) is 5.69 Å². The van der Waals surface area contributed by atoms with Crippen LogP contribution in [0.1, 0.15) is 10.4 Å². The van der Waals surface area contributed by atoms with Gasteiger partial charge in [0.25, 0.3) is 0 Å². The Morgan fingerprint density at radius 2 is 2.14 bits per heavy atom. The first-order chi connectivity index (χ1) is 10.6. The van der Waals surface area contributed by atoms with Crippen LogP contribution in [-0.4, -0.2) is 36.7 Å². The summed E-state index contributed by atoms with van der Waals surface area (Å²) in [5.74, 6) is 1.15. The zero-order valence-electron chi connectivity index (χ0n) is 12.9. The number of thioether (sulfide) groups is 1. The summed E-state index contributed by atoms with van der Waals surface area (Å²) in [6, 6.07) is 10.3. The zero-order chi connectivity index (χ0) is 15.5. The third-order valence-corrected chi connectivity index (χ3v) is 5.87. The van der Waals surface area contributed by atoms with E-state index in [0.717, 1.165) is 24.5 Å². The van der Waals surface area contributed by atoms with Gasteiger partial charge in [-0.3, -0.25) is 9.69 Å². The lowest BCUT2D eigenvalue weighted by Gasteiger charge is -2.30. The molecule has 5 heteroatoms. The Kier molecular flexibility index (Phi) is 4.86. The highest BCUT2D eigenvalue weighted by atomic mass is 32.2. The molecule has 0 bridgehead atoms. The Labute approximate surface area is 139 Å². The first-order valence-corrected chi connectivity index (χ1v) is 9.25. The minimum atomic E-state index is 0.185. The summed E-state index contributed by atoms with van der Waals surface area (Å²) in [4.78, 5) is 19.2. The van der Waals surface area contributed by atoms with Gasteiger partial charge < -0.3 is 4.90 Å². The lowest BCUT2D eigenvalue weighted by Crippen LogP contribution is -2.41. The van der Waals surface area contributed by atoms with Crippen LogP contribution in [0.15, 0.2) is 40.6 Å². The van der Waals surface area contributed by atoms with E-state index in [9.17, 15) is 4.79 Å². The number of thiophene rings is 1. The van der Waals surface area contributed by atoms with Gasteiger partial charge in [0, 0.05) is 28.6 Å². The van der Waals surface area contributed by atoms with Gasteiger partial charge in [-0.25, -0.2) is 0 Å². The van der Waals surface area contributed by atoms with Crippen LogP contribution >= 0.6 is 23.1 Å². The Hall–Kier alpha value is -1.30. The minimum absolute atomic E-state index is 0.185. The van der Waals surface area contributed by atoms with Gasteiger partial charge in [-0.05, 0) is 43.1 Å². The van der Waals surface area contributed by atoms with Gasteiger partial charge in [0.1, 0.15) is 0 Å². The molecule has 0 spiro atoms. The molecule has 1 aliphatic heterocycles. The molecule has 1 aliphatic rings. The number of aryl methyl sites for hydroxylation is 1. The molecule has 22 heavy (non-hydrogen) atoms. The fourth-order valence-corrected chi connectivity index (χ4v) is 4.59. The first-order valence-electron chi connectivity index (χ1n) is 7.39. The highest BCUT2D eigenvalue weighted by Gasteiger charge is 2.23. The van der Waals surface area contributed by atoms with Crippen molar-refractivity contribution < 1.29 is 4.79 Å². The molecular weight excluding hydrogens is 312 g/mol. The van der Waals surface area contributed by atoms with E-state index in [1.54, 1.807) is 11.3 Å². The summed E-state index contributed by atoms with van der Waals surface area (Å²) in [6.45, 7) is 4.21. The normalized spacial score (nSPS) is 14.2. The molecule has 0 saturated heterocycles. The van der Waals surface area contributed by atoms with Crippen molar-refractivity contribution >= 4 is 34.7 Å². The van der Waals surface area contributed by atoms with Crippen molar-refractivity contribution in [2.24, 2.45) is 0 Å². The quantitative estimate of drug-likeness (QED) is 0.854. The summed E-state index contributed by atoms with van der Waals surface area (Å²) >= 11 is 3.59. The molecule has 1 aromatic carbocycles. The lowest BCUT2D eigenvalue weighted by molar-refractivity contribution is -0.119. The van der Waals surface area contributed by atoms with Crippen LogP contribution in [0.25, 0.3) is 0 Å². The Morgan fingerprint density at radius 3 is 2.91 bits per heavy atom. The number of carbonyl (C=O) groups excluding carboxylic acids is 1. The lowest BCUT2D eigenvalue weighted by atomic mass is 10.2. The van der Waals surface area contributed by atoms with E-state index in [4.69, 9.17) is 0 Å². The van der Waals surface area contributed by atoms with E-state index in [0.29, 0.717) is 6.54 Å². The topological polar surface area (TPSA) is 23.6 Å². The minimum Gasteiger partial charge on any atom is -0.309 e. The van der Waals surface area contributed by atoms with E-state index in [1.165, 1.54) is 15.3 Å². The van der Waals surface area contributed by atoms with E-state index in [1.807, 2.05) is 41.9 Å². The molecule has 0 atom stereocenters. The fraction of sp³-hybridized carbons (Fsp3) is 0.353. The van der Waals surface area contributed by atoms with Gasteiger partial charge >= 0.3 is 0 Å². The van der Waals surface area contributed by atoms with Gasteiger partial charge in [0.15, 0.2) is 0 Å². The molecule has 0 aliphatic carbocycles. The van der Waals surface area contributed by atoms with Crippen LogP contribution in [0.2, 0.25) is 0 Å². The summed E-state index contributed by atoms with van der Waals surface area (Å²) in [7, 11) is 2.02. The molecule has 0 saturated carbocycles. The van der Waals surface area contributed by atoms with E-state index < -0.39 is 0 Å². The summed E-state index contributed by atoms with van der Waals surface area (Å²) in [5.41, 5.74) is 2.37. The summed E-state index contributed by atoms with van der Waals surface area (Å²) < 4.78 is 0. The number of fused-ring (bicyclic) bond motifs is 1. The second-order valence-electron chi connectivity index (χ2n) is 5.56. The van der Waals surface area contributed by atoms with Crippen molar-refractivity contribution in [1.82, 2.24) is 4.90 Å². The summed E-state index contributed by atoms with van der Waals surface area (Å²) in [5, 5.41) is 2.11. The number of anilines is 1. The predicted octanol–water partition coefficient (Wildman–Crippen LogP) is 3.63. The molecule has 0 N–H and O–H groups in total. The van der Waals surface area contributed by atoms with Crippen molar-refractivity contribution in [2.45, 2.75) is 18.4 Å². The fourth-order valence-electron chi connectivity index (χ4n) is 2.61. The zero-order valence-corrected chi connectivity index (χ0v) is 14.5. The average molecular weight is 332 g/mol. The average Bonchev–Trinajstić information content (AvgIpc) is 2.91. The van der Waals surface area contributed by atoms with Gasteiger partial charge in [-0.15, -0.1) is 23.1 Å². The Bertz CT molecular complexity index is 668. The molecule has 0 fully saturated rings. The number of nitrogens with zero attached hydrogens (tertiary/aromatic N) is 2. The Balaban J connectivity index is 1.66. The molecule has 3 rings (SSSR count). The molecule has 1 aromatic heterocycles. The van der Waals surface area contributed by atoms with Gasteiger partial charge in [-0.2, -0.15) is 0 Å². The molecule has 0 unspecified atom stereocenters. The second kappa shape index (κ2) is 6.86. The molecule has 3 nitrogen and oxygen atoms in total. The molecule has 2 aromatic rings. The van der Waals surface area contributed by atoms with Crippen LogP contribution in [0.3, 0.4) is 0 Å². The van der Waals surface area contributed by atoms with Crippen molar-refractivity contribution in [2.75, 3.05) is 30.8 Å². The maximum Gasteiger partial charge on any atom is 0.241 e. The highest BCUT2D eigenvalue weighted by molar-refractivity contribution is 7.99. The second-order valence-corrected chi connectivity index (χ2v) is 7.70. The van der Waals surface area contributed by atoms with Crippen LogP contribution in [0, 0.1) is 6.92 Å². The molecule has 1 amide bonds. The monoisotopic (exact) mass is 332 g/mol. The SMILES string of the molecule is Cc1ccsc1CN(C)CC(=O)N1CCSc2ccccc21. The molecule has 116 valence electrons. The number of hydrogen-bond acceptors (Lipinski definition) is 4. The largest absolute Gasteiger partial charge is 0.309 e. The first kappa shape index (κ1) is 15.6. The third kappa shape index (κ3) is 3.37. The van der Waals surface area contributed by atoms with E-state index >= 15 is 0 Å². The third-order valence-electron chi connectivity index (χ3n) is 3.82. The van der Waals surface area contributed by atoms with Crippen molar-refractivity contribution in [3.63, 3.8) is 0 Å². The van der Waals surface area contributed by atoms with E-state index in [-0.39, 0.29) is 5.91 Å². The maximum atomic E-state index is 12.7. The number of benzene rings is 1. The van der Waals surface area contributed by atoms with E-state index in [2.05, 4.69) is 29.3 Å². The van der Waals surface area contributed by atoms with Crippen LogP contribution < -0.4 is 4.90 Å². The number of amides is 1. The van der Waals surface area contributed by atoms with Crippen LogP contribution in [0.5, 0.6) is 0 Å². The number of para-hydroxylation sites is 1. The highest BCUT2D eigenvalue weighted by Crippen LogP contribution is 2.34. The molecular formula is C17H20N2OS2. The van der Waals surface area contributed by atoms with Crippen LogP contribution in [-0.2, 0) is 11.3 Å². The standard InChI is InChI=1S/C17H20N2OS2/c1-13-7-9-21-16(13)11-18(2)12-17(20)19-8-10-22-15-6-4-3-5-14(15)19/h3-7,9H,8,10-12H2,1-2H3. The number of carbonyl (C=O) groups is 1. The molecule has 0 radical (unpaired) electrons. The van der Waals surface area contributed by atoms with Crippen molar-refractivity contribution in [3.8, 4) is 0 Å². The molecule has 2 heterocycles. The van der Waals surface area contributed by atoms with Crippen molar-refractivity contribution in [3.05, 3.63) is 46.2 Å². The number of rotatable bonds is 4. The maximum absolute atomic E-state index is 12.7. The van der Waals surface area contributed by atoms with Gasteiger partial charge in [-0.1, -0.05) is 12.1 Å². The summed E-state index contributed by atoms with van der Waals surface area (Å²) in [6.07, 6.45) is 0. The smallest absolute Gasteiger partial charge is 0.241 e. The number of hydrogen-bond donors (Lipinski definition) is 0. The van der Waals surface area contributed by atoms with Crippen molar-refractivity contribution in [1.29, 1.82) is 0 Å². The number of likely N-dealkylation sites (N-methyl/N-ethyl adjacent to an activating group) is 1. The predicted molar refractivity (Wildman–Crippen MR) is 94.9 cm³/mol. The van der Waals surface area contributed by atoms with Gasteiger partial charge in [0.05, 0.1) is 12.2 Å².